The van der Waals surface area contributed by atoms with Gasteiger partial charge in [-0.2, -0.15) is 0 Å². The van der Waals surface area contributed by atoms with Gasteiger partial charge in [0.05, 0.1) is 12.3 Å². The van der Waals surface area contributed by atoms with Gasteiger partial charge in [0.15, 0.2) is 0 Å². The third kappa shape index (κ3) is 3.81. The maximum absolute atomic E-state index is 13.4. The van der Waals surface area contributed by atoms with E-state index >= 15 is 0 Å². The summed E-state index contributed by atoms with van der Waals surface area (Å²) in [6.07, 6.45) is 1.85. The molecule has 0 spiro atoms. The highest BCUT2D eigenvalue weighted by Gasteiger charge is 2.19. The van der Waals surface area contributed by atoms with Crippen molar-refractivity contribution in [2.24, 2.45) is 5.73 Å². The molecule has 1 aliphatic rings. The number of rotatable bonds is 5. The van der Waals surface area contributed by atoms with E-state index < -0.39 is 0 Å². The predicted molar refractivity (Wildman–Crippen MR) is 73.2 cm³/mol. The van der Waals surface area contributed by atoms with Crippen LogP contribution in [-0.4, -0.2) is 39.5 Å². The van der Waals surface area contributed by atoms with Crippen LogP contribution in [-0.2, 0) is 4.74 Å². The van der Waals surface area contributed by atoms with E-state index in [1.54, 1.807) is 13.2 Å². The maximum atomic E-state index is 13.4. The molecule has 0 saturated carbocycles. The summed E-state index contributed by atoms with van der Waals surface area (Å²) in [5, 5.41) is 0. The third-order valence-electron chi connectivity index (χ3n) is 3.35. The van der Waals surface area contributed by atoms with E-state index in [-0.39, 0.29) is 11.9 Å². The first kappa shape index (κ1) is 14.1. The van der Waals surface area contributed by atoms with Crippen LogP contribution < -0.4 is 15.4 Å². The lowest BCUT2D eigenvalue weighted by Gasteiger charge is -2.33. The monoisotopic (exact) mass is 268 g/mol. The normalized spacial score (nSPS) is 16.7. The second-order valence-electron chi connectivity index (χ2n) is 4.78. The van der Waals surface area contributed by atoms with Crippen LogP contribution in [0.2, 0.25) is 0 Å². The zero-order chi connectivity index (χ0) is 13.7. The van der Waals surface area contributed by atoms with Gasteiger partial charge in [-0.05, 0) is 25.0 Å². The lowest BCUT2D eigenvalue weighted by molar-refractivity contribution is 0.146. The third-order valence-corrected chi connectivity index (χ3v) is 3.35. The molecule has 106 valence electrons. The van der Waals surface area contributed by atoms with Gasteiger partial charge in [-0.3, -0.25) is 0 Å². The Morgan fingerprint density at radius 3 is 2.74 bits per heavy atom. The van der Waals surface area contributed by atoms with E-state index in [0.29, 0.717) is 19.0 Å². The molecule has 0 unspecified atom stereocenters. The Bertz CT molecular complexity index is 406. The SMILES string of the molecule is COCCOc1ccc(F)cc1N1CCC(N)CC1. The molecule has 1 fully saturated rings. The van der Waals surface area contributed by atoms with E-state index in [1.807, 2.05) is 0 Å². The molecule has 0 aromatic heterocycles. The molecule has 0 atom stereocenters. The number of hydrogen-bond acceptors (Lipinski definition) is 4. The first-order valence-corrected chi connectivity index (χ1v) is 6.62. The minimum absolute atomic E-state index is 0.246. The molecule has 19 heavy (non-hydrogen) atoms. The minimum Gasteiger partial charge on any atom is -0.489 e. The van der Waals surface area contributed by atoms with Gasteiger partial charge in [0.2, 0.25) is 0 Å². The van der Waals surface area contributed by atoms with Crippen molar-refractivity contribution in [3.63, 3.8) is 0 Å². The second kappa shape index (κ2) is 6.73. The van der Waals surface area contributed by atoms with Crippen LogP contribution in [0.15, 0.2) is 18.2 Å². The quantitative estimate of drug-likeness (QED) is 0.827. The van der Waals surface area contributed by atoms with Crippen molar-refractivity contribution in [2.45, 2.75) is 18.9 Å². The standard InChI is InChI=1S/C14H21FN2O2/c1-18-8-9-19-14-3-2-11(15)10-13(14)17-6-4-12(16)5-7-17/h2-3,10,12H,4-9,16H2,1H3. The van der Waals surface area contributed by atoms with E-state index in [0.717, 1.165) is 31.6 Å². The van der Waals surface area contributed by atoms with Crippen molar-refractivity contribution in [2.75, 3.05) is 38.3 Å². The van der Waals surface area contributed by atoms with E-state index in [1.165, 1.54) is 12.1 Å². The molecular weight excluding hydrogens is 247 g/mol. The lowest BCUT2D eigenvalue weighted by atomic mass is 10.1. The van der Waals surface area contributed by atoms with E-state index in [9.17, 15) is 4.39 Å². The molecule has 1 aromatic carbocycles. The number of hydrogen-bond donors (Lipinski definition) is 1. The summed E-state index contributed by atoms with van der Waals surface area (Å²) in [7, 11) is 1.63. The van der Waals surface area contributed by atoms with Crippen molar-refractivity contribution in [3.8, 4) is 5.75 Å². The molecule has 0 radical (unpaired) electrons. The molecule has 0 amide bonds. The zero-order valence-electron chi connectivity index (χ0n) is 11.3. The fourth-order valence-corrected chi connectivity index (χ4v) is 2.24. The average molecular weight is 268 g/mol. The van der Waals surface area contributed by atoms with Gasteiger partial charge in [-0.15, -0.1) is 0 Å². The molecule has 1 heterocycles. The molecule has 1 aliphatic heterocycles. The van der Waals surface area contributed by atoms with Crippen molar-refractivity contribution < 1.29 is 13.9 Å². The van der Waals surface area contributed by atoms with E-state index in [2.05, 4.69) is 4.90 Å². The van der Waals surface area contributed by atoms with E-state index in [4.69, 9.17) is 15.2 Å². The molecule has 5 heteroatoms. The van der Waals surface area contributed by atoms with Gasteiger partial charge in [0.1, 0.15) is 18.2 Å². The van der Waals surface area contributed by atoms with Crippen LogP contribution in [0.5, 0.6) is 5.75 Å². The molecule has 0 aliphatic carbocycles. The minimum atomic E-state index is -0.246. The Labute approximate surface area is 113 Å². The smallest absolute Gasteiger partial charge is 0.142 e. The number of nitrogens with zero attached hydrogens (tertiary/aromatic N) is 1. The summed E-state index contributed by atoms with van der Waals surface area (Å²) in [5.74, 6) is 0.456. The summed E-state index contributed by atoms with van der Waals surface area (Å²) in [5.41, 5.74) is 6.70. The van der Waals surface area contributed by atoms with Gasteiger partial charge >= 0.3 is 0 Å². The first-order valence-electron chi connectivity index (χ1n) is 6.62. The van der Waals surface area contributed by atoms with Crippen molar-refractivity contribution in [1.29, 1.82) is 0 Å². The molecule has 0 bridgehead atoms. The first-order chi connectivity index (χ1) is 9.20. The Morgan fingerprint density at radius 2 is 2.05 bits per heavy atom. The largest absolute Gasteiger partial charge is 0.489 e. The van der Waals surface area contributed by atoms with Gasteiger partial charge in [-0.25, -0.2) is 4.39 Å². The lowest BCUT2D eigenvalue weighted by Crippen LogP contribution is -2.39. The second-order valence-corrected chi connectivity index (χ2v) is 4.78. The molecule has 2 N–H and O–H groups in total. The number of piperidine rings is 1. The summed E-state index contributed by atoms with van der Waals surface area (Å²) >= 11 is 0. The average Bonchev–Trinajstić information content (AvgIpc) is 2.41. The van der Waals surface area contributed by atoms with Crippen LogP contribution in [0.25, 0.3) is 0 Å². The van der Waals surface area contributed by atoms with Crippen LogP contribution >= 0.6 is 0 Å². The Hall–Kier alpha value is -1.33. The fourth-order valence-electron chi connectivity index (χ4n) is 2.24. The molecular formula is C14H21FN2O2. The van der Waals surface area contributed by atoms with Gasteiger partial charge in [0, 0.05) is 32.3 Å². The number of ether oxygens (including phenoxy) is 2. The van der Waals surface area contributed by atoms with Crippen molar-refractivity contribution in [3.05, 3.63) is 24.0 Å². The van der Waals surface area contributed by atoms with Crippen LogP contribution in [0.3, 0.4) is 0 Å². The number of nitrogens with two attached hydrogens (primary N) is 1. The summed E-state index contributed by atoms with van der Waals surface area (Å²) < 4.78 is 24.0. The fraction of sp³-hybridized carbons (Fsp3) is 0.571. The number of benzene rings is 1. The molecule has 1 aromatic rings. The summed E-state index contributed by atoms with van der Waals surface area (Å²) in [6.45, 7) is 2.65. The van der Waals surface area contributed by atoms with Gasteiger partial charge < -0.3 is 20.1 Å². The molecule has 2 rings (SSSR count). The Morgan fingerprint density at radius 1 is 1.32 bits per heavy atom. The summed E-state index contributed by atoms with van der Waals surface area (Å²) in [6, 6.07) is 4.87. The molecule has 1 saturated heterocycles. The number of anilines is 1. The molecule has 4 nitrogen and oxygen atoms in total. The van der Waals surface area contributed by atoms with Crippen LogP contribution in [0.4, 0.5) is 10.1 Å². The highest BCUT2D eigenvalue weighted by molar-refractivity contribution is 5.59. The van der Waals surface area contributed by atoms with Crippen LogP contribution in [0, 0.1) is 5.82 Å². The van der Waals surface area contributed by atoms with Crippen molar-refractivity contribution in [1.82, 2.24) is 0 Å². The number of halogens is 1. The van der Waals surface area contributed by atoms with Crippen molar-refractivity contribution >= 4 is 5.69 Å². The Kier molecular flexibility index (Phi) is 4.99. The number of methoxy groups -OCH3 is 1. The maximum Gasteiger partial charge on any atom is 0.142 e. The highest BCUT2D eigenvalue weighted by atomic mass is 19.1. The zero-order valence-corrected chi connectivity index (χ0v) is 11.3. The van der Waals surface area contributed by atoms with Gasteiger partial charge in [-0.1, -0.05) is 0 Å². The van der Waals surface area contributed by atoms with Gasteiger partial charge in [0.25, 0.3) is 0 Å². The summed E-state index contributed by atoms with van der Waals surface area (Å²) in [4.78, 5) is 2.13. The Balaban J connectivity index is 2.10. The highest BCUT2D eigenvalue weighted by Crippen LogP contribution is 2.31. The topological polar surface area (TPSA) is 47.7 Å². The predicted octanol–water partition coefficient (Wildman–Crippen LogP) is 1.78. The van der Waals surface area contributed by atoms with Crippen LogP contribution in [0.1, 0.15) is 12.8 Å².